The molecule has 0 bridgehead atoms. The van der Waals surface area contributed by atoms with Crippen molar-refractivity contribution in [3.63, 3.8) is 0 Å². The highest BCUT2D eigenvalue weighted by Crippen LogP contribution is 2.33. The summed E-state index contributed by atoms with van der Waals surface area (Å²) >= 11 is 6.48. The van der Waals surface area contributed by atoms with Gasteiger partial charge in [0.15, 0.2) is 0 Å². The SMILES string of the molecule is Cc1c(NC(=O)/C=C/CN(C)C)ccc2ncnc(Nc3ccc(OCc4ccccn4)c(Cl)c3)c12. The Kier molecular flexibility index (Phi) is 8.10. The summed E-state index contributed by atoms with van der Waals surface area (Å²) in [7, 11) is 3.89. The molecule has 0 atom stereocenters. The van der Waals surface area contributed by atoms with E-state index in [2.05, 4.69) is 25.6 Å². The number of hydrogen-bond donors (Lipinski definition) is 2. The Morgan fingerprint density at radius 1 is 1.11 bits per heavy atom. The van der Waals surface area contributed by atoms with E-state index in [0.717, 1.165) is 27.8 Å². The van der Waals surface area contributed by atoms with Gasteiger partial charge in [-0.25, -0.2) is 9.97 Å². The summed E-state index contributed by atoms with van der Waals surface area (Å²) in [5.74, 6) is 0.970. The minimum Gasteiger partial charge on any atom is -0.486 e. The largest absolute Gasteiger partial charge is 0.486 e. The standard InChI is InChI=1S/C27H27ClN6O2/c1-18-22(33-25(35)8-6-14-34(2)3)10-11-23-26(18)27(31-17-30-23)32-19-9-12-24(21(28)15-19)36-16-20-7-4-5-13-29-20/h4-13,15,17H,14,16H2,1-3H3,(H,33,35)(H,30,31,32)/b8-6+. The van der Waals surface area contributed by atoms with Crippen LogP contribution in [0.3, 0.4) is 0 Å². The average molecular weight is 503 g/mol. The molecular formula is C27H27ClN6O2. The number of amides is 1. The van der Waals surface area contributed by atoms with Gasteiger partial charge < -0.3 is 20.3 Å². The fraction of sp³-hybridized carbons (Fsp3) is 0.185. The number of aryl methyl sites for hydroxylation is 1. The number of pyridine rings is 1. The molecule has 8 nitrogen and oxygen atoms in total. The Morgan fingerprint density at radius 2 is 1.97 bits per heavy atom. The van der Waals surface area contributed by atoms with E-state index in [4.69, 9.17) is 16.3 Å². The van der Waals surface area contributed by atoms with Crippen molar-refractivity contribution in [1.29, 1.82) is 0 Å². The maximum Gasteiger partial charge on any atom is 0.248 e. The van der Waals surface area contributed by atoms with Crippen LogP contribution >= 0.6 is 11.6 Å². The van der Waals surface area contributed by atoms with Gasteiger partial charge in [0.05, 0.1) is 16.2 Å². The van der Waals surface area contributed by atoms with Crippen molar-refractivity contribution in [2.45, 2.75) is 13.5 Å². The highest BCUT2D eigenvalue weighted by atomic mass is 35.5. The maximum absolute atomic E-state index is 12.4. The summed E-state index contributed by atoms with van der Waals surface area (Å²) in [6.45, 7) is 2.93. The number of ether oxygens (including phenoxy) is 1. The van der Waals surface area contributed by atoms with Crippen LogP contribution in [0.25, 0.3) is 10.9 Å². The van der Waals surface area contributed by atoms with Crippen LogP contribution in [-0.2, 0) is 11.4 Å². The summed E-state index contributed by atoms with van der Waals surface area (Å²) < 4.78 is 5.81. The number of hydrogen-bond acceptors (Lipinski definition) is 7. The number of benzene rings is 2. The normalized spacial score (nSPS) is 11.2. The van der Waals surface area contributed by atoms with Crippen molar-refractivity contribution in [2.24, 2.45) is 0 Å². The lowest BCUT2D eigenvalue weighted by molar-refractivity contribution is -0.111. The summed E-state index contributed by atoms with van der Waals surface area (Å²) in [5, 5.41) is 7.53. The molecule has 36 heavy (non-hydrogen) atoms. The molecule has 2 N–H and O–H groups in total. The third-order valence-electron chi connectivity index (χ3n) is 5.36. The summed E-state index contributed by atoms with van der Waals surface area (Å²) in [6, 6.07) is 14.8. The monoisotopic (exact) mass is 502 g/mol. The Labute approximate surface area is 215 Å². The van der Waals surface area contributed by atoms with Crippen LogP contribution in [0.15, 0.2) is 73.2 Å². The predicted molar refractivity (Wildman–Crippen MR) is 144 cm³/mol. The first kappa shape index (κ1) is 25.1. The molecular weight excluding hydrogens is 476 g/mol. The second kappa shape index (κ2) is 11.6. The molecule has 2 aromatic heterocycles. The first-order valence-corrected chi connectivity index (χ1v) is 11.7. The Hall–Kier alpha value is -4.01. The molecule has 2 aromatic carbocycles. The van der Waals surface area contributed by atoms with Crippen LogP contribution in [0.4, 0.5) is 17.2 Å². The molecule has 0 aliphatic heterocycles. The van der Waals surface area contributed by atoms with Crippen LogP contribution in [0.2, 0.25) is 5.02 Å². The smallest absolute Gasteiger partial charge is 0.248 e. The van der Waals surface area contributed by atoms with E-state index in [0.29, 0.717) is 35.4 Å². The summed E-state index contributed by atoms with van der Waals surface area (Å²) in [6.07, 6.45) is 6.57. The van der Waals surface area contributed by atoms with Gasteiger partial charge in [0.1, 0.15) is 24.5 Å². The molecule has 0 saturated carbocycles. The fourth-order valence-electron chi connectivity index (χ4n) is 3.56. The zero-order valence-corrected chi connectivity index (χ0v) is 21.1. The van der Waals surface area contributed by atoms with E-state index >= 15 is 0 Å². The van der Waals surface area contributed by atoms with Gasteiger partial charge in [-0.2, -0.15) is 0 Å². The van der Waals surface area contributed by atoms with Crippen molar-refractivity contribution in [3.05, 3.63) is 89.5 Å². The van der Waals surface area contributed by atoms with Crippen molar-refractivity contribution in [2.75, 3.05) is 31.3 Å². The molecule has 0 fully saturated rings. The average Bonchev–Trinajstić information content (AvgIpc) is 2.86. The molecule has 0 aliphatic rings. The first-order valence-electron chi connectivity index (χ1n) is 11.4. The molecule has 0 spiro atoms. The van der Waals surface area contributed by atoms with E-state index in [1.165, 1.54) is 12.4 Å². The lowest BCUT2D eigenvalue weighted by Crippen LogP contribution is -2.13. The maximum atomic E-state index is 12.4. The number of anilines is 3. The summed E-state index contributed by atoms with van der Waals surface area (Å²) in [4.78, 5) is 27.4. The zero-order chi connectivity index (χ0) is 25.5. The Bertz CT molecular complexity index is 1390. The van der Waals surface area contributed by atoms with Crippen LogP contribution in [0.1, 0.15) is 11.3 Å². The van der Waals surface area contributed by atoms with E-state index in [1.807, 2.05) is 68.4 Å². The summed E-state index contributed by atoms with van der Waals surface area (Å²) in [5.41, 5.74) is 3.86. The molecule has 2 heterocycles. The van der Waals surface area contributed by atoms with Gasteiger partial charge in [0.2, 0.25) is 5.91 Å². The predicted octanol–water partition coefficient (Wildman–Crippen LogP) is 5.37. The molecule has 4 aromatic rings. The van der Waals surface area contributed by atoms with Gasteiger partial charge in [0, 0.05) is 35.6 Å². The third-order valence-corrected chi connectivity index (χ3v) is 5.65. The number of likely N-dealkylation sites (N-methyl/N-ethyl adjacent to an activating group) is 1. The number of fused-ring (bicyclic) bond motifs is 1. The fourth-order valence-corrected chi connectivity index (χ4v) is 3.80. The molecule has 4 rings (SSSR count). The minimum atomic E-state index is -0.196. The number of carbonyl (C=O) groups is 1. The van der Waals surface area contributed by atoms with Gasteiger partial charge in [-0.05, 0) is 69.0 Å². The first-order chi connectivity index (χ1) is 17.4. The number of rotatable bonds is 9. The number of carbonyl (C=O) groups excluding carboxylic acids is 1. The molecule has 9 heteroatoms. The lowest BCUT2D eigenvalue weighted by Gasteiger charge is -2.14. The van der Waals surface area contributed by atoms with Gasteiger partial charge in [-0.3, -0.25) is 9.78 Å². The van der Waals surface area contributed by atoms with E-state index in [1.54, 1.807) is 18.3 Å². The topological polar surface area (TPSA) is 92.3 Å². The van der Waals surface area contributed by atoms with Crippen LogP contribution < -0.4 is 15.4 Å². The molecule has 1 amide bonds. The molecule has 0 unspecified atom stereocenters. The molecule has 184 valence electrons. The number of aromatic nitrogens is 3. The minimum absolute atomic E-state index is 0.196. The number of nitrogens with one attached hydrogen (secondary N) is 2. The second-order valence-corrected chi connectivity index (χ2v) is 8.80. The van der Waals surface area contributed by atoms with Crippen molar-refractivity contribution >= 4 is 45.6 Å². The van der Waals surface area contributed by atoms with Gasteiger partial charge in [-0.1, -0.05) is 23.7 Å². The highest BCUT2D eigenvalue weighted by Gasteiger charge is 2.13. The Balaban J connectivity index is 1.53. The molecule has 0 aliphatic carbocycles. The highest BCUT2D eigenvalue weighted by molar-refractivity contribution is 6.32. The van der Waals surface area contributed by atoms with Crippen LogP contribution in [0, 0.1) is 6.92 Å². The molecule has 0 saturated heterocycles. The Morgan fingerprint density at radius 3 is 2.72 bits per heavy atom. The van der Waals surface area contributed by atoms with Crippen molar-refractivity contribution in [1.82, 2.24) is 19.9 Å². The zero-order valence-electron chi connectivity index (χ0n) is 20.3. The second-order valence-electron chi connectivity index (χ2n) is 8.39. The number of nitrogens with zero attached hydrogens (tertiary/aromatic N) is 4. The van der Waals surface area contributed by atoms with E-state index in [9.17, 15) is 4.79 Å². The van der Waals surface area contributed by atoms with Gasteiger partial charge in [0.25, 0.3) is 0 Å². The van der Waals surface area contributed by atoms with Crippen LogP contribution in [-0.4, -0.2) is 46.4 Å². The van der Waals surface area contributed by atoms with Gasteiger partial charge >= 0.3 is 0 Å². The van der Waals surface area contributed by atoms with E-state index in [-0.39, 0.29) is 5.91 Å². The van der Waals surface area contributed by atoms with Gasteiger partial charge in [-0.15, -0.1) is 0 Å². The van der Waals surface area contributed by atoms with Crippen LogP contribution in [0.5, 0.6) is 5.75 Å². The molecule has 0 radical (unpaired) electrons. The number of halogens is 1. The van der Waals surface area contributed by atoms with E-state index < -0.39 is 0 Å². The quantitative estimate of drug-likeness (QED) is 0.297. The van der Waals surface area contributed by atoms with Crippen molar-refractivity contribution < 1.29 is 9.53 Å². The third kappa shape index (κ3) is 6.35. The van der Waals surface area contributed by atoms with Crippen molar-refractivity contribution in [3.8, 4) is 5.75 Å². The lowest BCUT2D eigenvalue weighted by atomic mass is 10.1.